The Balaban J connectivity index is 1.70. The topological polar surface area (TPSA) is 74.6 Å². The molecule has 1 fully saturated rings. The monoisotopic (exact) mass is 390 g/mol. The number of carbonyl (C=O) groups excluding carboxylic acids is 1. The molecule has 1 aromatic carbocycles. The third-order valence-electron chi connectivity index (χ3n) is 5.18. The SMILES string of the molecule is C=CC(=O)Nc1cccc(Nc2cc(N3CCCCC3)nc3c(CC)cnn23)c1. The molecule has 0 saturated carbocycles. The summed E-state index contributed by atoms with van der Waals surface area (Å²) in [6, 6.07) is 9.64. The molecular weight excluding hydrogens is 364 g/mol. The van der Waals surface area contributed by atoms with Gasteiger partial charge in [-0.25, -0.2) is 4.98 Å². The van der Waals surface area contributed by atoms with Crippen molar-refractivity contribution in [3.05, 3.63) is 54.7 Å². The van der Waals surface area contributed by atoms with E-state index in [0.717, 1.165) is 48.0 Å². The van der Waals surface area contributed by atoms with Gasteiger partial charge in [0.25, 0.3) is 0 Å². The molecule has 1 amide bonds. The van der Waals surface area contributed by atoms with E-state index in [1.54, 1.807) is 0 Å². The van der Waals surface area contributed by atoms with Gasteiger partial charge in [-0.3, -0.25) is 4.79 Å². The van der Waals surface area contributed by atoms with E-state index in [-0.39, 0.29) is 5.91 Å². The molecule has 1 aliphatic rings. The molecule has 3 aromatic rings. The molecule has 29 heavy (non-hydrogen) atoms. The molecule has 0 radical (unpaired) electrons. The fourth-order valence-electron chi connectivity index (χ4n) is 3.63. The number of aromatic nitrogens is 3. The first-order valence-electron chi connectivity index (χ1n) is 10.1. The zero-order chi connectivity index (χ0) is 20.2. The van der Waals surface area contributed by atoms with E-state index in [2.05, 4.69) is 40.2 Å². The lowest BCUT2D eigenvalue weighted by Crippen LogP contribution is -2.30. The third kappa shape index (κ3) is 4.08. The quantitative estimate of drug-likeness (QED) is 0.619. The summed E-state index contributed by atoms with van der Waals surface area (Å²) in [5.74, 6) is 1.59. The molecule has 1 aliphatic heterocycles. The number of amides is 1. The van der Waals surface area contributed by atoms with E-state index in [1.165, 1.54) is 25.3 Å². The van der Waals surface area contributed by atoms with Gasteiger partial charge in [-0.2, -0.15) is 9.61 Å². The number of benzene rings is 1. The molecule has 2 aromatic heterocycles. The zero-order valence-electron chi connectivity index (χ0n) is 16.7. The number of nitrogens with zero attached hydrogens (tertiary/aromatic N) is 4. The van der Waals surface area contributed by atoms with E-state index in [1.807, 2.05) is 35.0 Å². The van der Waals surface area contributed by atoms with E-state index in [4.69, 9.17) is 4.98 Å². The maximum absolute atomic E-state index is 11.6. The Morgan fingerprint density at radius 2 is 2.00 bits per heavy atom. The van der Waals surface area contributed by atoms with Crippen LogP contribution >= 0.6 is 0 Å². The van der Waals surface area contributed by atoms with Crippen molar-refractivity contribution in [2.45, 2.75) is 32.6 Å². The molecule has 0 aliphatic carbocycles. The number of hydrogen-bond donors (Lipinski definition) is 2. The van der Waals surface area contributed by atoms with Crippen LogP contribution in [0.4, 0.5) is 23.0 Å². The Bertz CT molecular complexity index is 1030. The highest BCUT2D eigenvalue weighted by Gasteiger charge is 2.17. The lowest BCUT2D eigenvalue weighted by Gasteiger charge is -2.28. The normalized spacial score (nSPS) is 14.0. The molecule has 1 saturated heterocycles. The largest absolute Gasteiger partial charge is 0.356 e. The molecule has 0 spiro atoms. The van der Waals surface area contributed by atoms with Crippen LogP contribution in [0, 0.1) is 0 Å². The van der Waals surface area contributed by atoms with Crippen molar-refractivity contribution in [3.63, 3.8) is 0 Å². The highest BCUT2D eigenvalue weighted by Crippen LogP contribution is 2.27. The smallest absolute Gasteiger partial charge is 0.247 e. The van der Waals surface area contributed by atoms with E-state index in [9.17, 15) is 4.79 Å². The van der Waals surface area contributed by atoms with Crippen molar-refractivity contribution in [1.29, 1.82) is 0 Å². The van der Waals surface area contributed by atoms with Crippen LogP contribution < -0.4 is 15.5 Å². The molecule has 7 heteroatoms. The first-order chi connectivity index (χ1) is 14.2. The van der Waals surface area contributed by atoms with Gasteiger partial charge >= 0.3 is 0 Å². The molecule has 0 atom stereocenters. The van der Waals surface area contributed by atoms with Crippen LogP contribution in [0.25, 0.3) is 5.65 Å². The van der Waals surface area contributed by atoms with Gasteiger partial charge in [0.05, 0.1) is 6.20 Å². The Kier molecular flexibility index (Phi) is 5.46. The third-order valence-corrected chi connectivity index (χ3v) is 5.18. The van der Waals surface area contributed by atoms with Gasteiger partial charge in [0.1, 0.15) is 11.6 Å². The number of hydrogen-bond acceptors (Lipinski definition) is 5. The van der Waals surface area contributed by atoms with E-state index in [0.29, 0.717) is 5.69 Å². The highest BCUT2D eigenvalue weighted by atomic mass is 16.1. The molecular formula is C22H26N6O. The van der Waals surface area contributed by atoms with Gasteiger partial charge in [0.2, 0.25) is 5.91 Å². The highest BCUT2D eigenvalue weighted by molar-refractivity contribution is 5.99. The second kappa shape index (κ2) is 8.34. The summed E-state index contributed by atoms with van der Waals surface area (Å²) >= 11 is 0. The molecule has 0 unspecified atom stereocenters. The molecule has 3 heterocycles. The fraction of sp³-hybridized carbons (Fsp3) is 0.318. The molecule has 7 nitrogen and oxygen atoms in total. The summed E-state index contributed by atoms with van der Waals surface area (Å²) in [5, 5.41) is 10.8. The van der Waals surface area contributed by atoms with Crippen LogP contribution in [0.1, 0.15) is 31.7 Å². The Morgan fingerprint density at radius 3 is 2.76 bits per heavy atom. The molecule has 150 valence electrons. The standard InChI is InChI=1S/C22H26N6O/c1-3-16-15-23-28-20(14-19(26-22(16)28)27-11-6-5-7-12-27)24-17-9-8-10-18(13-17)25-21(29)4-2/h4,8-10,13-15,24H,2-3,5-7,11-12H2,1H3,(H,25,29). The number of rotatable bonds is 6. The van der Waals surface area contributed by atoms with Crippen LogP contribution in [0.15, 0.2) is 49.2 Å². The second-order valence-corrected chi connectivity index (χ2v) is 7.21. The maximum atomic E-state index is 11.6. The number of anilines is 4. The van der Waals surface area contributed by atoms with E-state index >= 15 is 0 Å². The summed E-state index contributed by atoms with van der Waals surface area (Å²) in [7, 11) is 0. The van der Waals surface area contributed by atoms with Gasteiger partial charge < -0.3 is 15.5 Å². The molecule has 0 bridgehead atoms. The Hall–Kier alpha value is -3.35. The van der Waals surface area contributed by atoms with Crippen molar-refractivity contribution < 1.29 is 4.79 Å². The second-order valence-electron chi connectivity index (χ2n) is 7.21. The lowest BCUT2D eigenvalue weighted by atomic mass is 10.1. The number of fused-ring (bicyclic) bond motifs is 1. The van der Waals surface area contributed by atoms with Crippen LogP contribution in [0.2, 0.25) is 0 Å². The maximum Gasteiger partial charge on any atom is 0.247 e. The Labute approximate surface area is 170 Å². The van der Waals surface area contributed by atoms with Gasteiger partial charge in [-0.1, -0.05) is 19.6 Å². The van der Waals surface area contributed by atoms with Gasteiger partial charge in [0, 0.05) is 36.1 Å². The summed E-state index contributed by atoms with van der Waals surface area (Å²) in [4.78, 5) is 18.9. The van der Waals surface area contributed by atoms with E-state index < -0.39 is 0 Å². The first kappa shape index (κ1) is 19.0. The first-order valence-corrected chi connectivity index (χ1v) is 10.1. The average molecular weight is 390 g/mol. The molecule has 4 rings (SSSR count). The van der Waals surface area contributed by atoms with Gasteiger partial charge in [-0.15, -0.1) is 0 Å². The minimum atomic E-state index is -0.236. The fourth-order valence-corrected chi connectivity index (χ4v) is 3.63. The number of nitrogens with one attached hydrogen (secondary N) is 2. The van der Waals surface area contributed by atoms with Crippen molar-refractivity contribution >= 4 is 34.6 Å². The van der Waals surface area contributed by atoms with Crippen molar-refractivity contribution in [1.82, 2.24) is 14.6 Å². The number of carbonyl (C=O) groups is 1. The van der Waals surface area contributed by atoms with Crippen molar-refractivity contribution in [3.8, 4) is 0 Å². The number of aryl methyl sites for hydroxylation is 1. The Morgan fingerprint density at radius 1 is 1.21 bits per heavy atom. The van der Waals surface area contributed by atoms with Crippen LogP contribution in [-0.2, 0) is 11.2 Å². The van der Waals surface area contributed by atoms with Crippen LogP contribution in [0.5, 0.6) is 0 Å². The predicted octanol–water partition coefficient (Wildman–Crippen LogP) is 4.15. The summed E-state index contributed by atoms with van der Waals surface area (Å²) in [6.07, 6.45) is 7.69. The number of piperidine rings is 1. The van der Waals surface area contributed by atoms with Crippen molar-refractivity contribution in [2.75, 3.05) is 28.6 Å². The van der Waals surface area contributed by atoms with Crippen LogP contribution in [0.3, 0.4) is 0 Å². The van der Waals surface area contributed by atoms with Crippen molar-refractivity contribution in [2.24, 2.45) is 0 Å². The summed E-state index contributed by atoms with van der Waals surface area (Å²) in [6.45, 7) is 7.67. The summed E-state index contributed by atoms with van der Waals surface area (Å²) in [5.41, 5.74) is 3.57. The van der Waals surface area contributed by atoms with Crippen LogP contribution in [-0.4, -0.2) is 33.6 Å². The predicted molar refractivity (Wildman–Crippen MR) is 117 cm³/mol. The molecule has 2 N–H and O–H groups in total. The zero-order valence-corrected chi connectivity index (χ0v) is 16.7. The minimum Gasteiger partial charge on any atom is -0.356 e. The lowest BCUT2D eigenvalue weighted by molar-refractivity contribution is -0.111. The van der Waals surface area contributed by atoms with Gasteiger partial charge in [-0.05, 0) is 50.0 Å². The van der Waals surface area contributed by atoms with Gasteiger partial charge in [0.15, 0.2) is 5.65 Å². The minimum absolute atomic E-state index is 0.236. The summed E-state index contributed by atoms with van der Waals surface area (Å²) < 4.78 is 1.85. The average Bonchev–Trinajstić information content (AvgIpc) is 3.18.